The molecule has 0 unspecified atom stereocenters. The second-order valence-electron chi connectivity index (χ2n) is 10.8. The van der Waals surface area contributed by atoms with Gasteiger partial charge in [-0.3, -0.25) is 14.8 Å². The van der Waals surface area contributed by atoms with E-state index in [4.69, 9.17) is 0 Å². The van der Waals surface area contributed by atoms with Crippen molar-refractivity contribution in [1.29, 1.82) is 0 Å². The molecule has 41 heavy (non-hydrogen) atoms. The second-order valence-corrected chi connectivity index (χ2v) is 10.8. The van der Waals surface area contributed by atoms with E-state index in [1.54, 1.807) is 10.9 Å². The number of aromatic nitrogens is 5. The molecule has 2 aromatic carbocycles. The molecular formula is C29H33F3N8O. The summed E-state index contributed by atoms with van der Waals surface area (Å²) in [5.41, 5.74) is 3.42. The fraction of sp³-hybridized carbons (Fsp3) is 0.379. The van der Waals surface area contributed by atoms with E-state index in [9.17, 15) is 18.0 Å². The van der Waals surface area contributed by atoms with Crippen LogP contribution in [0.1, 0.15) is 47.0 Å². The molecule has 1 aliphatic heterocycles. The zero-order valence-electron chi connectivity index (χ0n) is 23.2. The number of aryl methyl sites for hydroxylation is 1. The van der Waals surface area contributed by atoms with Gasteiger partial charge in [0.25, 0.3) is 5.91 Å². The molecule has 1 fully saturated rings. The van der Waals surface area contributed by atoms with Crippen LogP contribution < -0.4 is 10.6 Å². The predicted molar refractivity (Wildman–Crippen MR) is 149 cm³/mol. The highest BCUT2D eigenvalue weighted by Gasteiger charge is 2.51. The first-order chi connectivity index (χ1) is 19.5. The molecule has 9 nitrogen and oxygen atoms in total. The van der Waals surface area contributed by atoms with Crippen LogP contribution in [0.5, 0.6) is 0 Å². The molecule has 0 saturated carbocycles. The molecule has 4 aromatic rings. The lowest BCUT2D eigenvalue weighted by molar-refractivity contribution is -0.182. The number of benzene rings is 2. The SMILES string of the molecule is Cc1cc(-c2ccc(CN3CCNCC3)cc2)ccc1-n1cc(C(=O)NCc2nc(C(C)(C)C(F)(F)F)n[nH]2)cn1. The summed E-state index contributed by atoms with van der Waals surface area (Å²) in [6.45, 7) is 9.03. The van der Waals surface area contributed by atoms with Gasteiger partial charge in [-0.05, 0) is 55.2 Å². The average molecular weight is 567 g/mol. The summed E-state index contributed by atoms with van der Waals surface area (Å²) < 4.78 is 41.4. The summed E-state index contributed by atoms with van der Waals surface area (Å²) in [5, 5.41) is 16.5. The topological polar surface area (TPSA) is 104 Å². The van der Waals surface area contributed by atoms with Crippen molar-refractivity contribution >= 4 is 5.91 Å². The highest BCUT2D eigenvalue weighted by Crippen LogP contribution is 2.38. The van der Waals surface area contributed by atoms with Crippen molar-refractivity contribution in [1.82, 2.24) is 40.5 Å². The number of hydrogen-bond donors (Lipinski definition) is 3. The standard InChI is InChI=1S/C29H33F3N8O/c1-19-14-22(21-6-4-20(5-7-21)17-39-12-10-33-11-13-39)8-9-24(19)40-18-23(15-35-40)26(41)34-16-25-36-27(38-37-25)28(2,3)29(30,31)32/h4-9,14-15,18,33H,10-13,16-17H2,1-3H3,(H,34,41)(H,36,37,38). The van der Waals surface area contributed by atoms with Crippen molar-refractivity contribution in [2.24, 2.45) is 0 Å². The minimum Gasteiger partial charge on any atom is -0.345 e. The third-order valence-corrected chi connectivity index (χ3v) is 7.41. The summed E-state index contributed by atoms with van der Waals surface area (Å²) in [6.07, 6.45) is -1.45. The molecule has 0 aliphatic carbocycles. The van der Waals surface area contributed by atoms with Crippen molar-refractivity contribution in [2.45, 2.75) is 45.5 Å². The second kappa shape index (κ2) is 11.5. The minimum atomic E-state index is -4.50. The quantitative estimate of drug-likeness (QED) is 0.296. The first-order valence-electron chi connectivity index (χ1n) is 13.5. The van der Waals surface area contributed by atoms with E-state index in [1.807, 2.05) is 19.1 Å². The highest BCUT2D eigenvalue weighted by atomic mass is 19.4. The van der Waals surface area contributed by atoms with Crippen molar-refractivity contribution < 1.29 is 18.0 Å². The largest absolute Gasteiger partial charge is 0.401 e. The Morgan fingerprint density at radius 1 is 1.05 bits per heavy atom. The van der Waals surface area contributed by atoms with E-state index < -0.39 is 17.5 Å². The Bertz CT molecular complexity index is 1500. The summed E-state index contributed by atoms with van der Waals surface area (Å²) in [6, 6.07) is 14.7. The van der Waals surface area contributed by atoms with Crippen LogP contribution in [0.25, 0.3) is 16.8 Å². The molecule has 12 heteroatoms. The van der Waals surface area contributed by atoms with Gasteiger partial charge >= 0.3 is 6.18 Å². The third-order valence-electron chi connectivity index (χ3n) is 7.41. The molecule has 0 atom stereocenters. The number of piperazine rings is 1. The molecule has 1 saturated heterocycles. The molecule has 216 valence electrons. The van der Waals surface area contributed by atoms with E-state index >= 15 is 0 Å². The van der Waals surface area contributed by atoms with E-state index in [-0.39, 0.29) is 18.2 Å². The number of carbonyl (C=O) groups excluding carboxylic acids is 1. The zero-order chi connectivity index (χ0) is 29.2. The predicted octanol–water partition coefficient (Wildman–Crippen LogP) is 4.14. The van der Waals surface area contributed by atoms with Gasteiger partial charge in [0, 0.05) is 38.9 Å². The van der Waals surface area contributed by atoms with Crippen LogP contribution in [0.3, 0.4) is 0 Å². The summed E-state index contributed by atoms with van der Waals surface area (Å²) in [4.78, 5) is 19.1. The van der Waals surface area contributed by atoms with Gasteiger partial charge in [-0.15, -0.1) is 0 Å². The first-order valence-corrected chi connectivity index (χ1v) is 13.5. The molecular weight excluding hydrogens is 533 g/mol. The van der Waals surface area contributed by atoms with Gasteiger partial charge in [0.2, 0.25) is 0 Å². The Kier molecular flexibility index (Phi) is 7.96. The molecule has 0 radical (unpaired) electrons. The number of H-pyrrole nitrogens is 1. The number of carbonyl (C=O) groups is 1. The summed E-state index contributed by atoms with van der Waals surface area (Å²) >= 11 is 0. The summed E-state index contributed by atoms with van der Waals surface area (Å²) in [5.74, 6) is -0.687. The van der Waals surface area contributed by atoms with Crippen molar-refractivity contribution in [3.8, 4) is 16.8 Å². The lowest BCUT2D eigenvalue weighted by Crippen LogP contribution is -2.42. The molecule has 5 rings (SSSR count). The van der Waals surface area contributed by atoms with Gasteiger partial charge in [-0.2, -0.15) is 23.4 Å². The number of nitrogens with zero attached hydrogens (tertiary/aromatic N) is 5. The van der Waals surface area contributed by atoms with Crippen LogP contribution in [-0.4, -0.2) is 68.1 Å². The van der Waals surface area contributed by atoms with Crippen LogP contribution >= 0.6 is 0 Å². The van der Waals surface area contributed by atoms with Crippen LogP contribution in [0.4, 0.5) is 13.2 Å². The number of alkyl halides is 3. The fourth-order valence-corrected chi connectivity index (χ4v) is 4.64. The number of amides is 1. The minimum absolute atomic E-state index is 0.104. The maximum atomic E-state index is 13.3. The average Bonchev–Trinajstić information content (AvgIpc) is 3.63. The third kappa shape index (κ3) is 6.33. The highest BCUT2D eigenvalue weighted by molar-refractivity contribution is 5.93. The monoisotopic (exact) mass is 566 g/mol. The van der Waals surface area contributed by atoms with Crippen LogP contribution in [0.2, 0.25) is 0 Å². The molecule has 1 aliphatic rings. The molecule has 1 amide bonds. The first kappa shape index (κ1) is 28.5. The summed E-state index contributed by atoms with van der Waals surface area (Å²) in [7, 11) is 0. The fourth-order valence-electron chi connectivity index (χ4n) is 4.64. The van der Waals surface area contributed by atoms with E-state index in [0.29, 0.717) is 5.56 Å². The van der Waals surface area contributed by atoms with E-state index in [1.165, 1.54) is 11.8 Å². The van der Waals surface area contributed by atoms with Gasteiger partial charge in [0.1, 0.15) is 11.2 Å². The van der Waals surface area contributed by atoms with E-state index in [0.717, 1.165) is 68.9 Å². The van der Waals surface area contributed by atoms with Gasteiger partial charge in [-0.25, -0.2) is 9.67 Å². The lowest BCUT2D eigenvalue weighted by atomic mass is 9.92. The number of hydrogen-bond acceptors (Lipinski definition) is 6. The van der Waals surface area contributed by atoms with Gasteiger partial charge < -0.3 is 10.6 Å². The Hall–Kier alpha value is -4.03. The van der Waals surface area contributed by atoms with Crippen LogP contribution in [0.15, 0.2) is 54.9 Å². The number of nitrogens with one attached hydrogen (secondary N) is 3. The number of aromatic amines is 1. The Balaban J connectivity index is 1.21. The normalized spacial score (nSPS) is 14.8. The van der Waals surface area contributed by atoms with Gasteiger partial charge in [0.05, 0.1) is 24.0 Å². The van der Waals surface area contributed by atoms with Gasteiger partial charge in [0.15, 0.2) is 5.82 Å². The molecule has 0 spiro atoms. The Morgan fingerprint density at radius 2 is 1.76 bits per heavy atom. The van der Waals surface area contributed by atoms with Crippen molar-refractivity contribution in [3.05, 3.63) is 83.2 Å². The Morgan fingerprint density at radius 3 is 2.44 bits per heavy atom. The lowest BCUT2D eigenvalue weighted by Gasteiger charge is -2.27. The maximum absolute atomic E-state index is 13.3. The molecule has 3 N–H and O–H groups in total. The molecule has 3 heterocycles. The van der Waals surface area contributed by atoms with Gasteiger partial charge in [-0.1, -0.05) is 30.3 Å². The smallest absolute Gasteiger partial charge is 0.345 e. The van der Waals surface area contributed by atoms with Crippen molar-refractivity contribution in [2.75, 3.05) is 26.2 Å². The Labute approximate surface area is 236 Å². The number of halogens is 3. The van der Waals surface area contributed by atoms with Crippen LogP contribution in [0, 0.1) is 6.92 Å². The molecule has 0 bridgehead atoms. The van der Waals surface area contributed by atoms with Crippen LogP contribution in [-0.2, 0) is 18.5 Å². The van der Waals surface area contributed by atoms with E-state index in [2.05, 4.69) is 66.1 Å². The molecule has 2 aromatic heterocycles. The zero-order valence-corrected chi connectivity index (χ0v) is 23.2. The van der Waals surface area contributed by atoms with Crippen molar-refractivity contribution in [3.63, 3.8) is 0 Å². The number of rotatable bonds is 8. The maximum Gasteiger partial charge on any atom is 0.401 e.